The zero-order chi connectivity index (χ0) is 30.6. The summed E-state index contributed by atoms with van der Waals surface area (Å²) in [5.74, 6) is 0.683. The van der Waals surface area contributed by atoms with Crippen LogP contribution in [-0.2, 0) is 28.7 Å². The number of carbonyl (C=O) groups excluding carboxylic acids is 1. The van der Waals surface area contributed by atoms with Gasteiger partial charge in [-0.3, -0.25) is 9.69 Å². The lowest BCUT2D eigenvalue weighted by Gasteiger charge is -2.35. The van der Waals surface area contributed by atoms with E-state index in [1.54, 1.807) is 18.2 Å². The van der Waals surface area contributed by atoms with E-state index in [1.165, 1.54) is 18.2 Å². The molecule has 0 N–H and O–H groups in total. The predicted octanol–water partition coefficient (Wildman–Crippen LogP) is 7.36. The van der Waals surface area contributed by atoms with Gasteiger partial charge in [-0.15, -0.1) is 0 Å². The lowest BCUT2D eigenvalue weighted by molar-refractivity contribution is -0.141. The molecule has 1 amide bonds. The van der Waals surface area contributed by atoms with Crippen molar-refractivity contribution >= 4 is 28.5 Å². The molecule has 0 bridgehead atoms. The number of aryl methyl sites for hydroxylation is 1. The second-order valence-electron chi connectivity index (χ2n) is 11.5. The average Bonchev–Trinajstić information content (AvgIpc) is 3.30. The molecule has 5 rings (SSSR count). The van der Waals surface area contributed by atoms with Gasteiger partial charge in [-0.2, -0.15) is 18.4 Å². The molecule has 0 unspecified atom stereocenters. The first-order valence-electron chi connectivity index (χ1n) is 14.7. The van der Waals surface area contributed by atoms with E-state index in [2.05, 4.69) is 4.90 Å². The molecule has 1 aromatic heterocycles. The molecule has 0 spiro atoms. The molecule has 0 atom stereocenters. The van der Waals surface area contributed by atoms with Gasteiger partial charge >= 0.3 is 6.18 Å². The molecule has 1 saturated carbocycles. The Balaban J connectivity index is 0.983. The number of hydrogen-bond acceptors (Lipinski definition) is 5. The number of hydrogen-bond donors (Lipinski definition) is 0. The number of ether oxygens (including phenoxy) is 1. The van der Waals surface area contributed by atoms with Crippen LogP contribution in [0.4, 0.5) is 17.6 Å². The standard InChI is InChI=1S/C32H34ClF4N3O3/c33-31-26-17-24(34)8-11-28(26)43-29(31)19-39-12-14-40(15-13-39)30(41)20-42-25-9-5-21(6-10-25)2-1-3-22-4-7-23(18-38)27(16-22)32(35,36)37/h4,7-8,11,16-17,21,25H,1-3,5-6,9-10,12-15,19-20H2. The summed E-state index contributed by atoms with van der Waals surface area (Å²) < 4.78 is 65.0. The van der Waals surface area contributed by atoms with Crippen molar-refractivity contribution in [3.8, 4) is 6.07 Å². The van der Waals surface area contributed by atoms with Crippen LogP contribution in [-0.4, -0.2) is 54.6 Å². The maximum Gasteiger partial charge on any atom is 0.417 e. The van der Waals surface area contributed by atoms with Crippen molar-refractivity contribution in [1.29, 1.82) is 5.26 Å². The normalized spacial score (nSPS) is 20.0. The maximum atomic E-state index is 13.6. The largest absolute Gasteiger partial charge is 0.458 e. The molecule has 6 nitrogen and oxygen atoms in total. The SMILES string of the molecule is N#Cc1ccc(CCCC2CCC(OCC(=O)N3CCN(Cc4oc5ccc(F)cc5c4Cl)CC3)CC2)cc1C(F)(F)F. The van der Waals surface area contributed by atoms with E-state index in [0.717, 1.165) is 44.6 Å². The summed E-state index contributed by atoms with van der Waals surface area (Å²) in [7, 11) is 0. The third kappa shape index (κ3) is 7.88. The number of benzene rings is 2. The Morgan fingerprint density at radius 1 is 1.07 bits per heavy atom. The lowest BCUT2D eigenvalue weighted by Crippen LogP contribution is -2.49. The van der Waals surface area contributed by atoms with Crippen LogP contribution in [0.2, 0.25) is 5.02 Å². The van der Waals surface area contributed by atoms with Crippen LogP contribution in [0.25, 0.3) is 11.0 Å². The number of furan rings is 1. The van der Waals surface area contributed by atoms with Gasteiger partial charge in [0, 0.05) is 31.6 Å². The highest BCUT2D eigenvalue weighted by Crippen LogP contribution is 2.34. The van der Waals surface area contributed by atoms with E-state index in [4.69, 9.17) is 26.0 Å². The highest BCUT2D eigenvalue weighted by Gasteiger charge is 2.34. The van der Waals surface area contributed by atoms with Gasteiger partial charge in [0.05, 0.1) is 34.9 Å². The van der Waals surface area contributed by atoms with Crippen LogP contribution in [0.1, 0.15) is 61.0 Å². The van der Waals surface area contributed by atoms with Gasteiger partial charge in [-0.1, -0.05) is 24.1 Å². The van der Waals surface area contributed by atoms with E-state index >= 15 is 0 Å². The Labute approximate surface area is 253 Å². The number of amides is 1. The molecule has 230 valence electrons. The Kier molecular flexibility index (Phi) is 9.95. The minimum absolute atomic E-state index is 0.0281. The number of carbonyl (C=O) groups is 1. The molecule has 2 aliphatic rings. The predicted molar refractivity (Wildman–Crippen MR) is 154 cm³/mol. The van der Waals surface area contributed by atoms with Crippen molar-refractivity contribution in [1.82, 2.24) is 9.80 Å². The second-order valence-corrected chi connectivity index (χ2v) is 11.9. The summed E-state index contributed by atoms with van der Waals surface area (Å²) in [5.41, 5.74) is -0.0718. The first-order valence-corrected chi connectivity index (χ1v) is 15.1. The minimum atomic E-state index is -4.54. The highest BCUT2D eigenvalue weighted by molar-refractivity contribution is 6.36. The summed E-state index contributed by atoms with van der Waals surface area (Å²) in [4.78, 5) is 16.8. The summed E-state index contributed by atoms with van der Waals surface area (Å²) in [6.07, 6.45) is 1.41. The van der Waals surface area contributed by atoms with Crippen molar-refractivity contribution in [2.45, 2.75) is 63.8 Å². The Morgan fingerprint density at radius 3 is 2.51 bits per heavy atom. The molecular weight excluding hydrogens is 586 g/mol. The summed E-state index contributed by atoms with van der Waals surface area (Å²) in [6, 6.07) is 9.85. The van der Waals surface area contributed by atoms with E-state index < -0.39 is 11.7 Å². The van der Waals surface area contributed by atoms with Gasteiger partial charge in [0.25, 0.3) is 0 Å². The number of rotatable bonds is 9. The van der Waals surface area contributed by atoms with Crippen LogP contribution in [0.15, 0.2) is 40.8 Å². The van der Waals surface area contributed by atoms with E-state index in [-0.39, 0.29) is 30.0 Å². The van der Waals surface area contributed by atoms with Crippen molar-refractivity contribution in [3.63, 3.8) is 0 Å². The third-order valence-electron chi connectivity index (χ3n) is 8.57. The molecule has 1 aliphatic heterocycles. The summed E-state index contributed by atoms with van der Waals surface area (Å²) >= 11 is 6.42. The Hall–Kier alpha value is -3.13. The van der Waals surface area contributed by atoms with Crippen molar-refractivity contribution in [2.75, 3.05) is 32.8 Å². The van der Waals surface area contributed by atoms with Gasteiger partial charge < -0.3 is 14.1 Å². The number of nitrogens with zero attached hydrogens (tertiary/aromatic N) is 3. The van der Waals surface area contributed by atoms with Crippen LogP contribution in [0, 0.1) is 23.1 Å². The Bertz CT molecular complexity index is 1470. The number of fused-ring (bicyclic) bond motifs is 1. The quantitative estimate of drug-likeness (QED) is 0.234. The minimum Gasteiger partial charge on any atom is -0.458 e. The van der Waals surface area contributed by atoms with Crippen molar-refractivity contribution < 1.29 is 31.5 Å². The smallest absolute Gasteiger partial charge is 0.417 e. The molecule has 2 fully saturated rings. The van der Waals surface area contributed by atoms with E-state index in [0.29, 0.717) is 72.4 Å². The van der Waals surface area contributed by atoms with Crippen LogP contribution >= 0.6 is 11.6 Å². The number of halogens is 5. The van der Waals surface area contributed by atoms with Crippen LogP contribution in [0.3, 0.4) is 0 Å². The summed E-state index contributed by atoms with van der Waals surface area (Å²) in [5, 5.41) is 9.94. The molecule has 43 heavy (non-hydrogen) atoms. The zero-order valence-electron chi connectivity index (χ0n) is 23.8. The first-order chi connectivity index (χ1) is 20.6. The summed E-state index contributed by atoms with van der Waals surface area (Å²) in [6.45, 7) is 3.02. The molecule has 11 heteroatoms. The number of piperazine rings is 1. The monoisotopic (exact) mass is 619 g/mol. The fraction of sp³-hybridized carbons (Fsp3) is 0.500. The lowest BCUT2D eigenvalue weighted by atomic mass is 9.84. The second kappa shape index (κ2) is 13.7. The molecule has 3 aromatic rings. The fourth-order valence-corrected chi connectivity index (χ4v) is 6.34. The van der Waals surface area contributed by atoms with Crippen molar-refractivity contribution in [3.05, 3.63) is 69.7 Å². The third-order valence-corrected chi connectivity index (χ3v) is 8.99. The Morgan fingerprint density at radius 2 is 1.81 bits per heavy atom. The topological polar surface area (TPSA) is 69.7 Å². The van der Waals surface area contributed by atoms with Gasteiger partial charge in [0.2, 0.25) is 5.91 Å². The molecule has 2 heterocycles. The number of alkyl halides is 3. The van der Waals surface area contributed by atoms with Gasteiger partial charge in [-0.25, -0.2) is 4.39 Å². The van der Waals surface area contributed by atoms with Crippen LogP contribution in [0.5, 0.6) is 0 Å². The first kappa shape index (κ1) is 31.3. The van der Waals surface area contributed by atoms with E-state index in [1.807, 2.05) is 4.90 Å². The fourth-order valence-electron chi connectivity index (χ4n) is 6.09. The van der Waals surface area contributed by atoms with E-state index in [9.17, 15) is 22.4 Å². The number of nitriles is 1. The van der Waals surface area contributed by atoms with Crippen molar-refractivity contribution in [2.24, 2.45) is 5.92 Å². The molecule has 0 radical (unpaired) electrons. The zero-order valence-corrected chi connectivity index (χ0v) is 24.5. The molecule has 1 saturated heterocycles. The van der Waals surface area contributed by atoms with Gasteiger partial charge in [-0.05, 0) is 80.3 Å². The molecule has 2 aromatic carbocycles. The maximum absolute atomic E-state index is 13.6. The highest BCUT2D eigenvalue weighted by atomic mass is 35.5. The van der Waals surface area contributed by atoms with Crippen LogP contribution < -0.4 is 0 Å². The molecule has 1 aliphatic carbocycles. The average molecular weight is 620 g/mol. The van der Waals surface area contributed by atoms with Gasteiger partial charge in [0.1, 0.15) is 23.8 Å². The van der Waals surface area contributed by atoms with Gasteiger partial charge in [0.15, 0.2) is 0 Å². The molecular formula is C32H34ClF4N3O3.